The van der Waals surface area contributed by atoms with Gasteiger partial charge in [0.2, 0.25) is 0 Å². The van der Waals surface area contributed by atoms with E-state index in [4.69, 9.17) is 29.6 Å². The minimum absolute atomic E-state index is 0.422. The molecule has 1 heterocycles. The fourth-order valence-corrected chi connectivity index (χ4v) is 3.18. The maximum Gasteiger partial charge on any atom is 0.251 e. The quantitative estimate of drug-likeness (QED) is 0.838. The first-order valence-corrected chi connectivity index (χ1v) is 8.02. The number of nitrogens with two attached hydrogens (primary N) is 1. The summed E-state index contributed by atoms with van der Waals surface area (Å²) in [6.45, 7) is 5.15. The summed E-state index contributed by atoms with van der Waals surface area (Å²) in [6.07, 6.45) is 0. The monoisotopic (exact) mass is 349 g/mol. The second kappa shape index (κ2) is 7.25. The van der Waals surface area contributed by atoms with Crippen LogP contribution in [0.2, 0.25) is 5.02 Å². The second-order valence-electron chi connectivity index (χ2n) is 5.72. The van der Waals surface area contributed by atoms with E-state index in [-0.39, 0.29) is 0 Å². The molecule has 1 aromatic carbocycles. The van der Waals surface area contributed by atoms with Gasteiger partial charge in [0.1, 0.15) is 4.64 Å². The highest BCUT2D eigenvalue weighted by Gasteiger charge is 2.13. The third-order valence-electron chi connectivity index (χ3n) is 3.70. The number of benzene rings is 1. The molecule has 2 N–H and O–H groups in total. The van der Waals surface area contributed by atoms with Gasteiger partial charge in [-0.3, -0.25) is 9.69 Å². The molecule has 0 unspecified atom stereocenters. The summed E-state index contributed by atoms with van der Waals surface area (Å²) in [6, 6.07) is 9.67. The minimum atomic E-state index is -0.485. The largest absolute Gasteiger partial charge is 0.365 e. The number of aromatic nitrogens is 1. The van der Waals surface area contributed by atoms with Crippen molar-refractivity contribution in [1.82, 2.24) is 9.47 Å². The van der Waals surface area contributed by atoms with Crippen LogP contribution in [0.4, 0.5) is 0 Å². The Balaban J connectivity index is 2.25. The Bertz CT molecular complexity index is 784. The lowest BCUT2D eigenvalue weighted by atomic mass is 10.1. The van der Waals surface area contributed by atoms with Crippen molar-refractivity contribution >= 4 is 29.7 Å². The second-order valence-corrected chi connectivity index (χ2v) is 6.55. The van der Waals surface area contributed by atoms with Gasteiger partial charge in [-0.05, 0) is 50.2 Å². The molecule has 0 saturated heterocycles. The number of hydrogen-bond donors (Lipinski definition) is 1. The molecule has 2 aromatic rings. The Morgan fingerprint density at radius 2 is 1.91 bits per heavy atom. The molecule has 0 atom stereocenters. The smallest absolute Gasteiger partial charge is 0.251 e. The lowest BCUT2D eigenvalue weighted by molar-refractivity contribution is 0.0998. The number of carbonyl (C=O) groups excluding carboxylic acids is 1. The third-order valence-corrected chi connectivity index (χ3v) is 4.38. The Labute approximate surface area is 146 Å². The maximum atomic E-state index is 11.6. The third kappa shape index (κ3) is 4.19. The average Bonchev–Trinajstić information content (AvgIpc) is 2.45. The molecule has 0 aliphatic rings. The number of primary amides is 1. The summed E-state index contributed by atoms with van der Waals surface area (Å²) in [5.74, 6) is -0.485. The number of nitrogens with zero attached hydrogens (tertiary/aromatic N) is 2. The highest BCUT2D eigenvalue weighted by Crippen LogP contribution is 2.16. The normalized spacial score (nSPS) is 11.0. The summed E-state index contributed by atoms with van der Waals surface area (Å²) < 4.78 is 2.41. The fourth-order valence-electron chi connectivity index (χ4n) is 2.60. The maximum absolute atomic E-state index is 11.6. The standard InChI is InChI=1S/C17H20ClN3OS/c1-11-8-12(2)21(17(23)15(11)16(19)22)10-20(3)9-13-4-6-14(18)7-5-13/h4-8H,9-10H2,1-3H3,(H2,19,22). The van der Waals surface area contributed by atoms with Gasteiger partial charge < -0.3 is 10.3 Å². The molecule has 0 radical (unpaired) electrons. The van der Waals surface area contributed by atoms with Crippen molar-refractivity contribution in [2.45, 2.75) is 27.1 Å². The summed E-state index contributed by atoms with van der Waals surface area (Å²) in [4.78, 5) is 13.7. The highest BCUT2D eigenvalue weighted by atomic mass is 35.5. The van der Waals surface area contributed by atoms with Crippen LogP contribution in [0.3, 0.4) is 0 Å². The van der Waals surface area contributed by atoms with E-state index in [1.807, 2.05) is 55.8 Å². The number of halogens is 1. The highest BCUT2D eigenvalue weighted by molar-refractivity contribution is 7.71. The molecule has 4 nitrogen and oxygen atoms in total. The molecule has 0 bridgehead atoms. The van der Waals surface area contributed by atoms with E-state index in [1.54, 1.807) is 0 Å². The molecular formula is C17H20ClN3OS. The number of hydrogen-bond acceptors (Lipinski definition) is 3. The molecule has 0 aliphatic carbocycles. The van der Waals surface area contributed by atoms with E-state index < -0.39 is 5.91 Å². The van der Waals surface area contributed by atoms with E-state index in [1.165, 1.54) is 0 Å². The fraction of sp³-hybridized carbons (Fsp3) is 0.294. The van der Waals surface area contributed by atoms with Gasteiger partial charge in [0.05, 0.1) is 12.2 Å². The lowest BCUT2D eigenvalue weighted by Gasteiger charge is -2.22. The van der Waals surface area contributed by atoms with Gasteiger partial charge in [0, 0.05) is 17.3 Å². The topological polar surface area (TPSA) is 51.3 Å². The van der Waals surface area contributed by atoms with Crippen molar-refractivity contribution in [2.24, 2.45) is 5.73 Å². The molecule has 6 heteroatoms. The Morgan fingerprint density at radius 1 is 1.30 bits per heavy atom. The van der Waals surface area contributed by atoms with Crippen LogP contribution in [0.15, 0.2) is 30.3 Å². The summed E-state index contributed by atoms with van der Waals surface area (Å²) in [7, 11) is 2.00. The molecule has 0 aliphatic heterocycles. The molecule has 122 valence electrons. The Morgan fingerprint density at radius 3 is 2.48 bits per heavy atom. The summed E-state index contributed by atoms with van der Waals surface area (Å²) >= 11 is 11.4. The molecule has 0 fully saturated rings. The van der Waals surface area contributed by atoms with Crippen molar-refractivity contribution in [1.29, 1.82) is 0 Å². The number of pyridine rings is 1. The Hall–Kier alpha value is -1.69. The lowest BCUT2D eigenvalue weighted by Crippen LogP contribution is -2.25. The number of amides is 1. The zero-order chi connectivity index (χ0) is 17.1. The number of carbonyl (C=O) groups is 1. The summed E-state index contributed by atoms with van der Waals surface area (Å²) in [5.41, 5.74) is 8.85. The van der Waals surface area contributed by atoms with Crippen LogP contribution in [-0.2, 0) is 13.2 Å². The van der Waals surface area contributed by atoms with Crippen LogP contribution in [0.1, 0.15) is 27.2 Å². The van der Waals surface area contributed by atoms with E-state index in [0.29, 0.717) is 16.9 Å². The van der Waals surface area contributed by atoms with Gasteiger partial charge in [0.25, 0.3) is 5.91 Å². The van der Waals surface area contributed by atoms with Crippen molar-refractivity contribution in [3.63, 3.8) is 0 Å². The number of aryl methyl sites for hydroxylation is 2. The van der Waals surface area contributed by atoms with E-state index in [9.17, 15) is 4.79 Å². The molecule has 1 amide bonds. The molecule has 23 heavy (non-hydrogen) atoms. The zero-order valence-corrected chi connectivity index (χ0v) is 15.0. The van der Waals surface area contributed by atoms with Crippen LogP contribution < -0.4 is 5.73 Å². The van der Waals surface area contributed by atoms with Crippen LogP contribution in [0.25, 0.3) is 0 Å². The predicted octanol–water partition coefficient (Wildman–Crippen LogP) is 3.68. The first kappa shape index (κ1) is 17.7. The van der Waals surface area contributed by atoms with Crippen LogP contribution in [0.5, 0.6) is 0 Å². The van der Waals surface area contributed by atoms with Crippen molar-refractivity contribution < 1.29 is 4.79 Å². The first-order chi connectivity index (χ1) is 10.8. The van der Waals surface area contributed by atoms with Gasteiger partial charge >= 0.3 is 0 Å². The van der Waals surface area contributed by atoms with E-state index in [0.717, 1.165) is 28.4 Å². The summed E-state index contributed by atoms with van der Waals surface area (Å²) in [5, 5.41) is 0.721. The van der Waals surface area contributed by atoms with Crippen molar-refractivity contribution in [3.05, 3.63) is 62.4 Å². The van der Waals surface area contributed by atoms with Crippen molar-refractivity contribution in [2.75, 3.05) is 7.05 Å². The molecule has 1 aromatic heterocycles. The Kier molecular flexibility index (Phi) is 5.57. The van der Waals surface area contributed by atoms with Gasteiger partial charge in [-0.25, -0.2) is 0 Å². The van der Waals surface area contributed by atoms with Gasteiger partial charge in [-0.15, -0.1) is 0 Å². The van der Waals surface area contributed by atoms with Crippen LogP contribution >= 0.6 is 23.8 Å². The van der Waals surface area contributed by atoms with Crippen molar-refractivity contribution in [3.8, 4) is 0 Å². The van der Waals surface area contributed by atoms with Crippen LogP contribution in [0, 0.1) is 18.5 Å². The molecule has 2 rings (SSSR count). The van der Waals surface area contributed by atoms with Gasteiger partial charge in [0.15, 0.2) is 0 Å². The number of rotatable bonds is 5. The first-order valence-electron chi connectivity index (χ1n) is 7.23. The predicted molar refractivity (Wildman–Crippen MR) is 96.2 cm³/mol. The van der Waals surface area contributed by atoms with Gasteiger partial charge in [-0.1, -0.05) is 36.0 Å². The minimum Gasteiger partial charge on any atom is -0.365 e. The van der Waals surface area contributed by atoms with E-state index >= 15 is 0 Å². The molecule has 0 spiro atoms. The SMILES string of the molecule is Cc1cc(C)n(CN(C)Cc2ccc(Cl)cc2)c(=S)c1C(N)=O. The van der Waals surface area contributed by atoms with E-state index in [2.05, 4.69) is 4.90 Å². The average molecular weight is 350 g/mol. The van der Waals surface area contributed by atoms with Gasteiger partial charge in [-0.2, -0.15) is 0 Å². The zero-order valence-electron chi connectivity index (χ0n) is 13.5. The molecular weight excluding hydrogens is 330 g/mol. The van der Waals surface area contributed by atoms with Crippen LogP contribution in [-0.4, -0.2) is 22.4 Å². The molecule has 0 saturated carbocycles.